The van der Waals surface area contributed by atoms with E-state index in [0.717, 1.165) is 22.2 Å². The zero-order chi connectivity index (χ0) is 17.9. The highest BCUT2D eigenvalue weighted by atomic mass is 127. The quantitative estimate of drug-likeness (QED) is 0.366. The van der Waals surface area contributed by atoms with Crippen molar-refractivity contribution in [2.24, 2.45) is 4.99 Å². The summed E-state index contributed by atoms with van der Waals surface area (Å²) in [4.78, 5) is 8.94. The second-order valence-electron chi connectivity index (χ2n) is 6.50. The minimum absolute atomic E-state index is 0.151. The molecule has 0 fully saturated rings. The van der Waals surface area contributed by atoms with Gasteiger partial charge in [0, 0.05) is 33.3 Å². The van der Waals surface area contributed by atoms with Gasteiger partial charge in [0.1, 0.15) is 0 Å². The molecule has 3 rings (SSSR count). The molecular weight excluding hydrogens is 419 g/mol. The van der Waals surface area contributed by atoms with E-state index in [0.29, 0.717) is 0 Å². The average Bonchev–Trinajstić information content (AvgIpc) is 2.62. The monoisotopic (exact) mass is 440 g/mol. The lowest BCUT2D eigenvalue weighted by molar-refractivity contribution is 0.715. The molecule has 0 unspecified atom stereocenters. The number of fused-ring (bicyclic) bond motifs is 1. The predicted octanol–water partition coefficient (Wildman–Crippen LogP) is 5.90. The highest BCUT2D eigenvalue weighted by Gasteiger charge is 2.27. The molecule has 0 atom stereocenters. The predicted molar refractivity (Wildman–Crippen MR) is 116 cm³/mol. The van der Waals surface area contributed by atoms with E-state index in [1.165, 1.54) is 9.13 Å². The Morgan fingerprint density at radius 2 is 1.88 bits per heavy atom. The van der Waals surface area contributed by atoms with Crippen molar-refractivity contribution in [3.63, 3.8) is 0 Å². The molecule has 0 aliphatic heterocycles. The number of aliphatic imine (C=N–C) groups is 1. The van der Waals surface area contributed by atoms with Gasteiger partial charge in [-0.2, -0.15) is 0 Å². The van der Waals surface area contributed by atoms with Gasteiger partial charge in [-0.15, -0.1) is 0 Å². The van der Waals surface area contributed by atoms with Crippen LogP contribution >= 0.6 is 22.6 Å². The maximum atomic E-state index is 4.57. The molecule has 2 aromatic carbocycles. The van der Waals surface area contributed by atoms with Crippen LogP contribution in [-0.4, -0.2) is 17.7 Å². The summed E-state index contributed by atoms with van der Waals surface area (Å²) in [5.74, 6) is 0. The van der Waals surface area contributed by atoms with Crippen molar-refractivity contribution < 1.29 is 0 Å². The van der Waals surface area contributed by atoms with Crippen molar-refractivity contribution in [1.82, 2.24) is 4.98 Å². The van der Waals surface area contributed by atoms with Crippen LogP contribution in [0.1, 0.15) is 25.0 Å². The number of pyridine rings is 1. The molecule has 0 aliphatic carbocycles. The van der Waals surface area contributed by atoms with E-state index in [4.69, 9.17) is 0 Å². The summed E-state index contributed by atoms with van der Waals surface area (Å²) in [5, 5.41) is 1.15. The first-order chi connectivity index (χ1) is 12.0. The molecule has 0 spiro atoms. The topological polar surface area (TPSA) is 25.2 Å². The zero-order valence-corrected chi connectivity index (χ0v) is 16.9. The van der Waals surface area contributed by atoms with Gasteiger partial charge in [0.2, 0.25) is 0 Å². The molecule has 0 saturated heterocycles. The van der Waals surface area contributed by atoms with E-state index in [9.17, 15) is 0 Å². The van der Waals surface area contributed by atoms with Crippen LogP contribution in [0.4, 0.5) is 0 Å². The van der Waals surface area contributed by atoms with Crippen LogP contribution in [0, 0.1) is 3.57 Å². The van der Waals surface area contributed by atoms with E-state index in [1.54, 1.807) is 0 Å². The van der Waals surface area contributed by atoms with Crippen molar-refractivity contribution in [2.75, 3.05) is 7.05 Å². The minimum atomic E-state index is -0.151. The van der Waals surface area contributed by atoms with E-state index in [1.807, 2.05) is 19.3 Å². The summed E-state index contributed by atoms with van der Waals surface area (Å²) in [6.45, 7) is 4.45. The van der Waals surface area contributed by atoms with Gasteiger partial charge in [-0.25, -0.2) is 0 Å². The first kappa shape index (κ1) is 17.8. The zero-order valence-electron chi connectivity index (χ0n) is 14.7. The Kier molecular flexibility index (Phi) is 5.33. The van der Waals surface area contributed by atoms with Crippen molar-refractivity contribution in [3.05, 3.63) is 81.6 Å². The van der Waals surface area contributed by atoms with Gasteiger partial charge in [0.15, 0.2) is 0 Å². The number of benzene rings is 2. The van der Waals surface area contributed by atoms with Gasteiger partial charge in [-0.1, -0.05) is 50.3 Å². The molecule has 1 aromatic heterocycles. The van der Waals surface area contributed by atoms with Gasteiger partial charge < -0.3 is 0 Å². The molecule has 2 nitrogen and oxygen atoms in total. The summed E-state index contributed by atoms with van der Waals surface area (Å²) < 4.78 is 1.26. The molecule has 0 aliphatic rings. The number of rotatable bonds is 4. The molecule has 1 heterocycles. The smallest absolute Gasteiger partial charge is 0.0702 e. The van der Waals surface area contributed by atoms with Crippen molar-refractivity contribution in [2.45, 2.75) is 19.3 Å². The Morgan fingerprint density at radius 3 is 2.64 bits per heavy atom. The number of hydrogen-bond acceptors (Lipinski definition) is 2. The lowest BCUT2D eigenvalue weighted by Gasteiger charge is -2.27. The van der Waals surface area contributed by atoms with Gasteiger partial charge in [0.25, 0.3) is 0 Å². The highest BCUT2D eigenvalue weighted by Crippen LogP contribution is 2.30. The van der Waals surface area contributed by atoms with Crippen LogP contribution in [0.2, 0.25) is 0 Å². The lowest BCUT2D eigenvalue weighted by atomic mass is 9.79. The fourth-order valence-corrected chi connectivity index (χ4v) is 4.10. The van der Waals surface area contributed by atoms with Crippen LogP contribution < -0.4 is 0 Å². The normalized spacial score (nSPS) is 12.9. The third-order valence-electron chi connectivity index (χ3n) is 4.49. The third-order valence-corrected chi connectivity index (χ3v) is 5.43. The van der Waals surface area contributed by atoms with Crippen LogP contribution in [0.25, 0.3) is 17.0 Å². The Morgan fingerprint density at radius 1 is 1.08 bits per heavy atom. The highest BCUT2D eigenvalue weighted by molar-refractivity contribution is 14.1. The van der Waals surface area contributed by atoms with Gasteiger partial charge in [-0.05, 0) is 64.1 Å². The molecule has 3 heteroatoms. The number of halogens is 1. The largest absolute Gasteiger partial charge is 0.292 e. The minimum Gasteiger partial charge on any atom is -0.292 e. The van der Waals surface area contributed by atoms with Crippen LogP contribution in [0.3, 0.4) is 0 Å². The summed E-state index contributed by atoms with van der Waals surface area (Å²) in [6.07, 6.45) is 6.08. The van der Waals surface area contributed by atoms with E-state index in [-0.39, 0.29) is 5.41 Å². The number of allylic oxidation sites excluding steroid dienone is 1. The third kappa shape index (κ3) is 3.82. The molecule has 3 aromatic rings. The fourth-order valence-electron chi connectivity index (χ4n) is 3.04. The Labute approximate surface area is 162 Å². The Bertz CT molecular complexity index is 955. The van der Waals surface area contributed by atoms with Crippen molar-refractivity contribution in [1.29, 1.82) is 0 Å². The van der Waals surface area contributed by atoms with Crippen LogP contribution in [-0.2, 0) is 5.41 Å². The molecule has 0 amide bonds. The summed E-state index contributed by atoms with van der Waals surface area (Å²) in [7, 11) is 1.86. The van der Waals surface area contributed by atoms with E-state index in [2.05, 4.69) is 107 Å². The molecule has 126 valence electrons. The molecule has 0 N–H and O–H groups in total. The number of aromatic nitrogens is 1. The summed E-state index contributed by atoms with van der Waals surface area (Å²) in [6, 6.07) is 18.9. The second kappa shape index (κ2) is 7.48. The number of hydrogen-bond donors (Lipinski definition) is 0. The first-order valence-corrected chi connectivity index (χ1v) is 9.35. The fraction of sp³-hybridized carbons (Fsp3) is 0.182. The molecule has 0 radical (unpaired) electrons. The van der Waals surface area contributed by atoms with E-state index < -0.39 is 0 Å². The maximum Gasteiger partial charge on any atom is 0.0702 e. The van der Waals surface area contributed by atoms with Crippen molar-refractivity contribution >= 4 is 45.3 Å². The van der Waals surface area contributed by atoms with E-state index >= 15 is 0 Å². The lowest BCUT2D eigenvalue weighted by Crippen LogP contribution is -2.28. The summed E-state index contributed by atoms with van der Waals surface area (Å²) >= 11 is 2.40. The van der Waals surface area contributed by atoms with Gasteiger partial charge >= 0.3 is 0 Å². The van der Waals surface area contributed by atoms with Crippen LogP contribution in [0.5, 0.6) is 0 Å². The van der Waals surface area contributed by atoms with Gasteiger partial charge in [-0.3, -0.25) is 9.98 Å². The summed E-state index contributed by atoms with van der Waals surface area (Å²) in [5.41, 5.74) is 4.37. The molecule has 0 saturated carbocycles. The average molecular weight is 440 g/mol. The van der Waals surface area contributed by atoms with Crippen LogP contribution in [0.15, 0.2) is 71.9 Å². The SMILES string of the molecule is C/N=C(\C=C\c1ccc2ncccc2c1)C(C)(C)c1ccccc1I. The first-order valence-electron chi connectivity index (χ1n) is 8.27. The second-order valence-corrected chi connectivity index (χ2v) is 7.66. The molecule has 0 bridgehead atoms. The standard InChI is InChI=1S/C22H21IN2/c1-22(2,18-8-4-5-9-19(18)23)21(24-3)13-11-16-10-12-20-17(15-16)7-6-14-25-20/h4-15H,1-3H3/b13-11+,24-21+. The number of nitrogens with zero attached hydrogens (tertiary/aromatic N) is 2. The van der Waals surface area contributed by atoms with Crippen molar-refractivity contribution in [3.8, 4) is 0 Å². The van der Waals surface area contributed by atoms with Gasteiger partial charge in [0.05, 0.1) is 5.52 Å². The molecule has 25 heavy (non-hydrogen) atoms. The Hall–Kier alpha value is -2.01. The molecular formula is C22H21IN2. The Balaban J connectivity index is 1.93. The maximum absolute atomic E-state index is 4.57.